The second kappa shape index (κ2) is 9.91. The van der Waals surface area contributed by atoms with Gasteiger partial charge in [-0.05, 0) is 44.2 Å². The summed E-state index contributed by atoms with van der Waals surface area (Å²) in [7, 11) is 1.28. The second-order valence-corrected chi connectivity index (χ2v) is 6.87. The van der Waals surface area contributed by atoms with Crippen LogP contribution in [0.5, 0.6) is 0 Å². The summed E-state index contributed by atoms with van der Waals surface area (Å²) in [5.41, 5.74) is 1.31. The lowest BCUT2D eigenvalue weighted by Gasteiger charge is -2.26. The van der Waals surface area contributed by atoms with Gasteiger partial charge in [-0.2, -0.15) is 9.37 Å². The van der Waals surface area contributed by atoms with E-state index < -0.39 is 11.9 Å². The topological polar surface area (TPSA) is 107 Å². The molecule has 1 aliphatic rings. The van der Waals surface area contributed by atoms with E-state index in [2.05, 4.69) is 20.4 Å². The van der Waals surface area contributed by atoms with Crippen LogP contribution in [0, 0.1) is 5.95 Å². The van der Waals surface area contributed by atoms with Crippen LogP contribution >= 0.6 is 0 Å². The van der Waals surface area contributed by atoms with E-state index in [-0.39, 0.29) is 31.1 Å². The fraction of sp³-hybridized carbons (Fsp3) is 0.381. The van der Waals surface area contributed by atoms with Crippen LogP contribution in [-0.4, -0.2) is 34.1 Å². The van der Waals surface area contributed by atoms with Crippen LogP contribution in [-0.2, 0) is 20.7 Å². The molecule has 1 atom stereocenters. The number of amides is 1. The van der Waals surface area contributed by atoms with Crippen molar-refractivity contribution in [2.45, 2.75) is 44.9 Å². The van der Waals surface area contributed by atoms with Crippen LogP contribution in [0.25, 0.3) is 6.08 Å². The van der Waals surface area contributed by atoms with E-state index in [0.29, 0.717) is 41.4 Å². The first-order chi connectivity index (χ1) is 14.5. The molecule has 1 N–H and O–H groups in total. The van der Waals surface area contributed by atoms with Gasteiger partial charge < -0.3 is 14.6 Å². The van der Waals surface area contributed by atoms with E-state index in [1.165, 1.54) is 13.3 Å². The molecule has 0 aliphatic heterocycles. The molecule has 3 rings (SSSR count). The summed E-state index contributed by atoms with van der Waals surface area (Å²) in [5, 5.41) is 6.58. The molecule has 0 aromatic carbocycles. The minimum Gasteiger partial charge on any atom is -0.466 e. The maximum Gasteiger partial charge on any atom is 0.335 e. The fourth-order valence-electron chi connectivity index (χ4n) is 3.41. The highest BCUT2D eigenvalue weighted by Gasteiger charge is 2.29. The molecule has 1 amide bonds. The number of hydrogen-bond acceptors (Lipinski definition) is 7. The summed E-state index contributed by atoms with van der Waals surface area (Å²) in [4.78, 5) is 32.5. The van der Waals surface area contributed by atoms with Crippen molar-refractivity contribution in [3.05, 3.63) is 58.9 Å². The number of carbonyl (C=O) groups excluding carboxylic acids is 2. The number of halogens is 1. The van der Waals surface area contributed by atoms with Gasteiger partial charge in [0.1, 0.15) is 0 Å². The lowest BCUT2D eigenvalue weighted by atomic mass is 9.82. The van der Waals surface area contributed by atoms with E-state index in [0.717, 1.165) is 0 Å². The first-order valence-electron chi connectivity index (χ1n) is 9.67. The van der Waals surface area contributed by atoms with E-state index in [9.17, 15) is 14.0 Å². The van der Waals surface area contributed by atoms with E-state index in [1.807, 2.05) is 6.92 Å². The second-order valence-electron chi connectivity index (χ2n) is 6.87. The number of hydrogen-bond donors (Lipinski definition) is 1. The number of methoxy groups -OCH3 is 1. The molecular formula is C21H23FN4O4. The van der Waals surface area contributed by atoms with Gasteiger partial charge in [0.15, 0.2) is 5.82 Å². The minimum absolute atomic E-state index is 0.121. The molecule has 2 aromatic rings. The first kappa shape index (κ1) is 21.4. The van der Waals surface area contributed by atoms with Gasteiger partial charge in [-0.15, -0.1) is 0 Å². The summed E-state index contributed by atoms with van der Waals surface area (Å²) in [6.45, 7) is 1.84. The quantitative estimate of drug-likeness (QED) is 0.548. The Morgan fingerprint density at radius 1 is 1.43 bits per heavy atom. The van der Waals surface area contributed by atoms with Crippen molar-refractivity contribution >= 4 is 18.0 Å². The van der Waals surface area contributed by atoms with E-state index >= 15 is 0 Å². The molecule has 9 heteroatoms. The van der Waals surface area contributed by atoms with Gasteiger partial charge in [-0.1, -0.05) is 17.3 Å². The summed E-state index contributed by atoms with van der Waals surface area (Å²) in [6, 6.07) is 3.33. The molecule has 30 heavy (non-hydrogen) atoms. The average molecular weight is 414 g/mol. The Labute approximate surface area is 173 Å². The lowest BCUT2D eigenvalue weighted by Crippen LogP contribution is -2.29. The molecule has 0 saturated carbocycles. The zero-order chi connectivity index (χ0) is 21.5. The third-order valence-corrected chi connectivity index (χ3v) is 4.87. The first-order valence-corrected chi connectivity index (χ1v) is 9.67. The van der Waals surface area contributed by atoms with Crippen molar-refractivity contribution in [3.8, 4) is 0 Å². The van der Waals surface area contributed by atoms with Crippen molar-refractivity contribution in [2.24, 2.45) is 0 Å². The summed E-state index contributed by atoms with van der Waals surface area (Å²) >= 11 is 0. The van der Waals surface area contributed by atoms with Crippen molar-refractivity contribution in [2.75, 3.05) is 7.11 Å². The van der Waals surface area contributed by atoms with E-state index in [1.54, 1.807) is 24.3 Å². The molecule has 0 spiro atoms. The van der Waals surface area contributed by atoms with Crippen LogP contribution in [0.2, 0.25) is 0 Å². The Hall–Kier alpha value is -3.36. The molecule has 0 bridgehead atoms. The molecule has 158 valence electrons. The summed E-state index contributed by atoms with van der Waals surface area (Å²) in [6.07, 6.45) is 6.53. The van der Waals surface area contributed by atoms with Gasteiger partial charge in [-0.25, -0.2) is 9.78 Å². The Morgan fingerprint density at radius 2 is 2.27 bits per heavy atom. The molecule has 1 unspecified atom stereocenters. The highest BCUT2D eigenvalue weighted by atomic mass is 19.1. The molecule has 2 aromatic heterocycles. The van der Waals surface area contributed by atoms with Crippen molar-refractivity contribution in [1.29, 1.82) is 0 Å². The van der Waals surface area contributed by atoms with Crippen LogP contribution < -0.4 is 5.32 Å². The number of nitrogens with one attached hydrogen (secondary N) is 1. The van der Waals surface area contributed by atoms with Crippen LogP contribution in [0.1, 0.15) is 55.8 Å². The lowest BCUT2D eigenvalue weighted by molar-refractivity contribution is -0.136. The number of ether oxygens (including phenoxy) is 1. The minimum atomic E-state index is -0.545. The monoisotopic (exact) mass is 414 g/mol. The number of allylic oxidation sites excluding steroid dienone is 2. The Morgan fingerprint density at radius 3 is 3.00 bits per heavy atom. The average Bonchev–Trinajstić information content (AvgIpc) is 3.20. The van der Waals surface area contributed by atoms with Gasteiger partial charge in [0.2, 0.25) is 17.7 Å². The van der Waals surface area contributed by atoms with Crippen LogP contribution in [0.15, 0.2) is 40.2 Å². The number of pyridine rings is 1. The Bertz CT molecular complexity index is 983. The van der Waals surface area contributed by atoms with Gasteiger partial charge in [0.05, 0.1) is 12.7 Å². The normalized spacial score (nSPS) is 16.7. The standard InChI is InChI=1S/C21H23FN4O4/c1-3-5-17-25-19(30-26-17)10-9-18(27)24-16-8-7-13(12-15(16)21(28)29-2)14-6-4-11-23-20(14)22/h3-6,11,13H,7-10,12H2,1-2H3,(H,24,27)/b5-3+. The van der Waals surface area contributed by atoms with Crippen molar-refractivity contribution < 1.29 is 23.2 Å². The summed E-state index contributed by atoms with van der Waals surface area (Å²) < 4.78 is 24.0. The zero-order valence-corrected chi connectivity index (χ0v) is 16.9. The third-order valence-electron chi connectivity index (χ3n) is 4.87. The number of esters is 1. The van der Waals surface area contributed by atoms with Crippen LogP contribution in [0.4, 0.5) is 4.39 Å². The molecular weight excluding hydrogens is 391 g/mol. The number of rotatable bonds is 7. The number of carbonyl (C=O) groups is 2. The number of aromatic nitrogens is 3. The highest BCUT2D eigenvalue weighted by Crippen LogP contribution is 2.36. The Kier molecular flexibility index (Phi) is 7.05. The highest BCUT2D eigenvalue weighted by molar-refractivity contribution is 5.91. The predicted molar refractivity (Wildman–Crippen MR) is 105 cm³/mol. The van der Waals surface area contributed by atoms with Crippen LogP contribution in [0.3, 0.4) is 0 Å². The molecule has 0 fully saturated rings. The number of aryl methyl sites for hydroxylation is 1. The third kappa shape index (κ3) is 5.16. The summed E-state index contributed by atoms with van der Waals surface area (Å²) in [5.74, 6) is -0.760. The molecule has 2 heterocycles. The fourth-order valence-corrected chi connectivity index (χ4v) is 3.41. The smallest absolute Gasteiger partial charge is 0.335 e. The SMILES string of the molecule is C/C=C/c1noc(CCC(=O)NC2=C(C(=O)OC)CC(c3cccnc3F)CC2)n1. The van der Waals surface area contributed by atoms with E-state index in [4.69, 9.17) is 9.26 Å². The van der Waals surface area contributed by atoms with Crippen molar-refractivity contribution in [1.82, 2.24) is 20.4 Å². The zero-order valence-electron chi connectivity index (χ0n) is 16.9. The molecule has 0 saturated heterocycles. The van der Waals surface area contributed by atoms with Gasteiger partial charge >= 0.3 is 5.97 Å². The predicted octanol–water partition coefficient (Wildman–Crippen LogP) is 3.08. The molecule has 8 nitrogen and oxygen atoms in total. The number of nitrogens with zero attached hydrogens (tertiary/aromatic N) is 3. The maximum atomic E-state index is 14.1. The maximum absolute atomic E-state index is 14.1. The molecule has 0 radical (unpaired) electrons. The van der Waals surface area contributed by atoms with Gasteiger partial charge in [0, 0.05) is 30.3 Å². The van der Waals surface area contributed by atoms with Gasteiger partial charge in [0.25, 0.3) is 0 Å². The Balaban J connectivity index is 1.68. The van der Waals surface area contributed by atoms with Crippen molar-refractivity contribution in [3.63, 3.8) is 0 Å². The largest absolute Gasteiger partial charge is 0.466 e. The van der Waals surface area contributed by atoms with Gasteiger partial charge in [-0.3, -0.25) is 4.79 Å². The molecule has 1 aliphatic carbocycles.